The van der Waals surface area contributed by atoms with Gasteiger partial charge in [-0.2, -0.15) is 0 Å². The zero-order chi connectivity index (χ0) is 30.1. The average molecular weight is 601 g/mol. The van der Waals surface area contributed by atoms with E-state index in [4.69, 9.17) is 32.7 Å². The molecule has 42 heavy (non-hydrogen) atoms. The summed E-state index contributed by atoms with van der Waals surface area (Å²) in [7, 11) is 3.03. The number of methoxy groups -OCH3 is 2. The number of rotatable bonds is 10. The van der Waals surface area contributed by atoms with Crippen LogP contribution in [0.25, 0.3) is 12.2 Å². The van der Waals surface area contributed by atoms with Gasteiger partial charge in [-0.1, -0.05) is 47.5 Å². The molecule has 7 nitrogen and oxygen atoms in total. The number of nitrogens with one attached hydrogen (secondary N) is 2. The van der Waals surface area contributed by atoms with Crippen molar-refractivity contribution in [3.8, 4) is 11.5 Å². The van der Waals surface area contributed by atoms with E-state index in [0.717, 1.165) is 0 Å². The van der Waals surface area contributed by atoms with Crippen LogP contribution in [0.4, 0.5) is 5.69 Å². The summed E-state index contributed by atoms with van der Waals surface area (Å²) < 4.78 is 10.7. The van der Waals surface area contributed by atoms with Crippen LogP contribution >= 0.6 is 23.2 Å². The quantitative estimate of drug-likeness (QED) is 0.147. The molecule has 212 valence electrons. The van der Waals surface area contributed by atoms with Crippen LogP contribution < -0.4 is 20.1 Å². The Labute approximate surface area is 253 Å². The van der Waals surface area contributed by atoms with Crippen LogP contribution in [0.3, 0.4) is 0 Å². The lowest BCUT2D eigenvalue weighted by molar-refractivity contribution is -0.113. The third-order valence-electron chi connectivity index (χ3n) is 6.10. The van der Waals surface area contributed by atoms with Gasteiger partial charge < -0.3 is 20.1 Å². The maximum atomic E-state index is 13.4. The predicted octanol–water partition coefficient (Wildman–Crippen LogP) is 7.32. The summed E-state index contributed by atoms with van der Waals surface area (Å²) in [6, 6.07) is 25.1. The Morgan fingerprint density at radius 1 is 0.762 bits per heavy atom. The number of ketones is 1. The van der Waals surface area contributed by atoms with Gasteiger partial charge in [-0.25, -0.2) is 0 Å². The molecule has 4 rings (SSSR count). The predicted molar refractivity (Wildman–Crippen MR) is 166 cm³/mol. The van der Waals surface area contributed by atoms with Gasteiger partial charge in [-0.15, -0.1) is 0 Å². The van der Waals surface area contributed by atoms with E-state index in [2.05, 4.69) is 10.6 Å². The third-order valence-corrected chi connectivity index (χ3v) is 6.76. The lowest BCUT2D eigenvalue weighted by Crippen LogP contribution is -2.30. The van der Waals surface area contributed by atoms with Crippen molar-refractivity contribution in [1.29, 1.82) is 0 Å². The summed E-state index contributed by atoms with van der Waals surface area (Å²) in [5, 5.41) is 6.32. The number of allylic oxidation sites excluding steroid dienone is 1. The Morgan fingerprint density at radius 2 is 1.45 bits per heavy atom. The van der Waals surface area contributed by atoms with Gasteiger partial charge in [-0.3, -0.25) is 14.4 Å². The van der Waals surface area contributed by atoms with Crippen molar-refractivity contribution in [2.45, 2.75) is 0 Å². The average Bonchev–Trinajstić information content (AvgIpc) is 3.01. The van der Waals surface area contributed by atoms with Crippen LogP contribution in [0, 0.1) is 0 Å². The number of benzene rings is 4. The van der Waals surface area contributed by atoms with Gasteiger partial charge in [0.25, 0.3) is 11.8 Å². The number of hydrogen-bond donors (Lipinski definition) is 2. The van der Waals surface area contributed by atoms with E-state index < -0.39 is 11.8 Å². The summed E-state index contributed by atoms with van der Waals surface area (Å²) in [5.41, 5.74) is 2.25. The van der Waals surface area contributed by atoms with Crippen LogP contribution in [0.5, 0.6) is 11.5 Å². The fourth-order valence-electron chi connectivity index (χ4n) is 3.88. The summed E-state index contributed by atoms with van der Waals surface area (Å²) >= 11 is 12.3. The number of anilines is 1. The second-order valence-corrected chi connectivity index (χ2v) is 9.66. The molecule has 4 aromatic rings. The van der Waals surface area contributed by atoms with E-state index in [9.17, 15) is 14.4 Å². The highest BCUT2D eigenvalue weighted by Crippen LogP contribution is 2.27. The summed E-state index contributed by atoms with van der Waals surface area (Å²) in [4.78, 5) is 39.0. The van der Waals surface area contributed by atoms with Crippen molar-refractivity contribution in [2.24, 2.45) is 0 Å². The Balaban J connectivity index is 1.55. The minimum atomic E-state index is -0.579. The van der Waals surface area contributed by atoms with E-state index in [-0.39, 0.29) is 11.5 Å². The third kappa shape index (κ3) is 7.66. The van der Waals surface area contributed by atoms with Crippen molar-refractivity contribution in [2.75, 3.05) is 19.5 Å². The highest BCUT2D eigenvalue weighted by molar-refractivity contribution is 6.37. The Bertz CT molecular complexity index is 1650. The van der Waals surface area contributed by atoms with Gasteiger partial charge in [0.1, 0.15) is 17.2 Å². The summed E-state index contributed by atoms with van der Waals surface area (Å²) in [6.07, 6.45) is 4.45. The van der Waals surface area contributed by atoms with E-state index in [1.54, 1.807) is 97.1 Å². The number of hydrogen-bond acceptors (Lipinski definition) is 5. The molecule has 0 saturated heterocycles. The van der Waals surface area contributed by atoms with E-state index in [1.165, 1.54) is 26.4 Å². The Hall–Kier alpha value is -4.85. The largest absolute Gasteiger partial charge is 0.497 e. The summed E-state index contributed by atoms with van der Waals surface area (Å²) in [5.74, 6) is -0.295. The number of carbonyl (C=O) groups is 3. The maximum absolute atomic E-state index is 13.4. The van der Waals surface area contributed by atoms with Gasteiger partial charge in [0.2, 0.25) is 0 Å². The second-order valence-electron chi connectivity index (χ2n) is 8.85. The monoisotopic (exact) mass is 600 g/mol. The van der Waals surface area contributed by atoms with Gasteiger partial charge in [-0.05, 0) is 78.9 Å². The molecule has 9 heteroatoms. The molecule has 0 radical (unpaired) electrons. The second kappa shape index (κ2) is 14.2. The first-order valence-corrected chi connectivity index (χ1v) is 13.4. The van der Waals surface area contributed by atoms with Gasteiger partial charge >= 0.3 is 0 Å². The molecule has 0 bridgehead atoms. The molecule has 0 atom stereocenters. The molecule has 0 fully saturated rings. The molecule has 0 aromatic heterocycles. The topological polar surface area (TPSA) is 93.7 Å². The number of carbonyl (C=O) groups excluding carboxylic acids is 3. The molecule has 2 N–H and O–H groups in total. The lowest BCUT2D eigenvalue weighted by atomic mass is 10.1. The standard InChI is InChI=1S/C33H26Cl2N2O5/c1-41-25-16-13-23(31(20-25)42-2)19-29(37-32(39)22-7-4-3-5-8-22)33(40)36-24-14-11-21(12-15-24)30(38)18-17-26-27(34)9-6-10-28(26)35/h3-20H,1-2H3,(H,36,40)(H,37,39)/b18-17+,29-19-. The molecule has 0 aliphatic rings. The fraction of sp³-hybridized carbons (Fsp3) is 0.0606. The zero-order valence-corrected chi connectivity index (χ0v) is 24.2. The Kier molecular flexibility index (Phi) is 10.2. The molecule has 0 aliphatic carbocycles. The van der Waals surface area contributed by atoms with Crippen molar-refractivity contribution in [3.05, 3.63) is 135 Å². The van der Waals surface area contributed by atoms with Gasteiger partial charge in [0, 0.05) is 44.1 Å². The lowest BCUT2D eigenvalue weighted by Gasteiger charge is -2.13. The zero-order valence-electron chi connectivity index (χ0n) is 22.7. The first-order chi connectivity index (χ1) is 20.3. The minimum Gasteiger partial charge on any atom is -0.497 e. The highest BCUT2D eigenvalue weighted by atomic mass is 35.5. The van der Waals surface area contributed by atoms with E-state index in [0.29, 0.717) is 49.5 Å². The molecule has 0 heterocycles. The number of amides is 2. The van der Waals surface area contributed by atoms with Crippen LogP contribution in [-0.2, 0) is 4.79 Å². The van der Waals surface area contributed by atoms with Crippen molar-refractivity contribution in [1.82, 2.24) is 5.32 Å². The molecule has 0 spiro atoms. The van der Waals surface area contributed by atoms with Crippen LogP contribution in [0.2, 0.25) is 10.0 Å². The molecule has 2 amide bonds. The highest BCUT2D eigenvalue weighted by Gasteiger charge is 2.17. The van der Waals surface area contributed by atoms with Crippen molar-refractivity contribution >= 4 is 58.6 Å². The Morgan fingerprint density at radius 3 is 2.10 bits per heavy atom. The number of ether oxygens (including phenoxy) is 2. The molecule has 0 aliphatic heterocycles. The first-order valence-electron chi connectivity index (χ1n) is 12.7. The van der Waals surface area contributed by atoms with Crippen molar-refractivity contribution in [3.63, 3.8) is 0 Å². The molecule has 0 unspecified atom stereocenters. The minimum absolute atomic E-state index is 0.0213. The van der Waals surface area contributed by atoms with Crippen molar-refractivity contribution < 1.29 is 23.9 Å². The first kappa shape index (κ1) is 30.1. The van der Waals surface area contributed by atoms with Gasteiger partial charge in [0.05, 0.1) is 14.2 Å². The number of halogens is 2. The van der Waals surface area contributed by atoms with Crippen LogP contribution in [-0.4, -0.2) is 31.8 Å². The van der Waals surface area contributed by atoms with E-state index >= 15 is 0 Å². The van der Waals surface area contributed by atoms with Gasteiger partial charge in [0.15, 0.2) is 5.78 Å². The summed E-state index contributed by atoms with van der Waals surface area (Å²) in [6.45, 7) is 0. The smallest absolute Gasteiger partial charge is 0.272 e. The SMILES string of the molecule is COc1ccc(/C=C(\NC(=O)c2ccccc2)C(=O)Nc2ccc(C(=O)/C=C/c3c(Cl)cccc3Cl)cc2)c(OC)c1. The molecule has 0 saturated carbocycles. The molecular formula is C33H26Cl2N2O5. The van der Waals surface area contributed by atoms with Crippen LogP contribution in [0.15, 0.2) is 103 Å². The van der Waals surface area contributed by atoms with Crippen LogP contribution in [0.1, 0.15) is 31.8 Å². The van der Waals surface area contributed by atoms with E-state index in [1.807, 2.05) is 0 Å². The molecular weight excluding hydrogens is 575 g/mol. The maximum Gasteiger partial charge on any atom is 0.272 e. The fourth-order valence-corrected chi connectivity index (χ4v) is 4.40. The normalized spacial score (nSPS) is 11.2. The molecule has 4 aromatic carbocycles.